The van der Waals surface area contributed by atoms with Crippen molar-refractivity contribution in [3.05, 3.63) is 29.1 Å². The van der Waals surface area contributed by atoms with Crippen molar-refractivity contribution < 1.29 is 19.1 Å². The number of carbonyl (C=O) groups is 2. The molecule has 0 radical (unpaired) electrons. The summed E-state index contributed by atoms with van der Waals surface area (Å²) < 4.78 is 5.51. The van der Waals surface area contributed by atoms with Crippen LogP contribution in [0.1, 0.15) is 31.2 Å². The van der Waals surface area contributed by atoms with Crippen molar-refractivity contribution in [2.24, 2.45) is 0 Å². The summed E-state index contributed by atoms with van der Waals surface area (Å²) in [5.74, 6) is -0.881. The third-order valence-electron chi connectivity index (χ3n) is 2.99. The molecule has 0 unspecified atom stereocenters. The Morgan fingerprint density at radius 2 is 2.24 bits per heavy atom. The Bertz CT molecular complexity index is 566. The number of amides is 1. The summed E-state index contributed by atoms with van der Waals surface area (Å²) in [4.78, 5) is 24.8. The van der Waals surface area contributed by atoms with Crippen LogP contribution in [0.4, 0.5) is 0 Å². The van der Waals surface area contributed by atoms with Crippen molar-refractivity contribution in [1.29, 1.82) is 0 Å². The lowest BCUT2D eigenvalue weighted by Gasteiger charge is -2.13. The second-order valence-corrected chi connectivity index (χ2v) is 6.27. The van der Waals surface area contributed by atoms with Crippen molar-refractivity contribution in [2.75, 3.05) is 6.54 Å². The van der Waals surface area contributed by atoms with E-state index in [0.717, 1.165) is 18.4 Å². The average molecular weight is 325 g/mol. The molecule has 1 aromatic rings. The normalized spacial score (nSPS) is 17.0. The Kier molecular flexibility index (Phi) is 5.58. The lowest BCUT2D eigenvalue weighted by atomic mass is 10.2. The number of carbonyl (C=O) groups excluding carboxylic acids is 1. The van der Waals surface area contributed by atoms with Gasteiger partial charge < -0.3 is 9.52 Å². The number of carboxylic acid groups (broad SMARTS) is 1. The van der Waals surface area contributed by atoms with E-state index in [4.69, 9.17) is 21.7 Å². The smallest absolute Gasteiger partial charge is 0.303 e. The van der Waals surface area contributed by atoms with Crippen LogP contribution < -0.4 is 0 Å². The topological polar surface area (TPSA) is 70.8 Å². The molecule has 21 heavy (non-hydrogen) atoms. The van der Waals surface area contributed by atoms with Crippen LogP contribution in [0, 0.1) is 0 Å². The van der Waals surface area contributed by atoms with Gasteiger partial charge in [0.05, 0.1) is 17.4 Å². The monoisotopic (exact) mass is 325 g/mol. The van der Waals surface area contributed by atoms with E-state index in [2.05, 4.69) is 0 Å². The van der Waals surface area contributed by atoms with Crippen LogP contribution in [0.2, 0.25) is 0 Å². The van der Waals surface area contributed by atoms with E-state index in [1.807, 2.05) is 0 Å². The first kappa shape index (κ1) is 15.8. The lowest BCUT2D eigenvalue weighted by molar-refractivity contribution is -0.137. The van der Waals surface area contributed by atoms with Crippen LogP contribution in [0.5, 0.6) is 0 Å². The molecule has 0 spiro atoms. The molecule has 1 amide bonds. The fourth-order valence-corrected chi connectivity index (χ4v) is 3.23. The van der Waals surface area contributed by atoms with Gasteiger partial charge in [0.15, 0.2) is 0 Å². The van der Waals surface area contributed by atoms with Crippen LogP contribution in [0.15, 0.2) is 27.9 Å². The van der Waals surface area contributed by atoms with Gasteiger partial charge in [-0.3, -0.25) is 14.5 Å². The quantitative estimate of drug-likeness (QED) is 0.472. The zero-order valence-electron chi connectivity index (χ0n) is 11.3. The summed E-state index contributed by atoms with van der Waals surface area (Å²) in [7, 11) is 0. The van der Waals surface area contributed by atoms with Gasteiger partial charge in [-0.1, -0.05) is 30.4 Å². The van der Waals surface area contributed by atoms with E-state index in [1.165, 1.54) is 11.8 Å². The zero-order chi connectivity index (χ0) is 15.2. The second kappa shape index (κ2) is 7.42. The average Bonchev–Trinajstić information content (AvgIpc) is 3.01. The maximum atomic E-state index is 12.2. The van der Waals surface area contributed by atoms with Crippen molar-refractivity contribution in [1.82, 2.24) is 4.90 Å². The third-order valence-corrected chi connectivity index (χ3v) is 4.36. The first-order chi connectivity index (χ1) is 10.1. The fraction of sp³-hybridized carbons (Fsp3) is 0.357. The standard InChI is InChI=1S/C14H15NO4S2/c16-12(17)4-2-1-3-6-15-13(18)11(21-14(15)20)8-10-5-7-19-9-10/h5,7-9H,1-4,6H2,(H,16,17)/b11-8-. The van der Waals surface area contributed by atoms with Crippen molar-refractivity contribution >= 4 is 46.3 Å². The van der Waals surface area contributed by atoms with Crippen LogP contribution in [0.3, 0.4) is 0 Å². The molecular formula is C14H15NO4S2. The van der Waals surface area contributed by atoms with Crippen molar-refractivity contribution in [3.63, 3.8) is 0 Å². The highest BCUT2D eigenvalue weighted by molar-refractivity contribution is 8.26. The number of aliphatic carboxylic acids is 1. The van der Waals surface area contributed by atoms with Crippen LogP contribution >= 0.6 is 24.0 Å². The van der Waals surface area contributed by atoms with E-state index < -0.39 is 5.97 Å². The molecule has 0 atom stereocenters. The van der Waals surface area contributed by atoms with Gasteiger partial charge in [0.25, 0.3) is 5.91 Å². The Morgan fingerprint density at radius 3 is 2.90 bits per heavy atom. The SMILES string of the molecule is O=C(O)CCCCCN1C(=O)/C(=C/c2ccoc2)SC1=S. The highest BCUT2D eigenvalue weighted by atomic mass is 32.2. The number of furan rings is 1. The van der Waals surface area contributed by atoms with Crippen molar-refractivity contribution in [3.8, 4) is 0 Å². The Hall–Kier alpha value is -1.60. The largest absolute Gasteiger partial charge is 0.481 e. The summed E-state index contributed by atoms with van der Waals surface area (Å²) in [6.45, 7) is 0.535. The minimum Gasteiger partial charge on any atom is -0.481 e. The fourth-order valence-electron chi connectivity index (χ4n) is 1.92. The predicted molar refractivity (Wildman–Crippen MR) is 84.7 cm³/mol. The highest BCUT2D eigenvalue weighted by Crippen LogP contribution is 2.32. The van der Waals surface area contributed by atoms with E-state index in [0.29, 0.717) is 22.2 Å². The molecule has 0 aliphatic carbocycles. The second-order valence-electron chi connectivity index (χ2n) is 4.59. The first-order valence-electron chi connectivity index (χ1n) is 6.57. The summed E-state index contributed by atoms with van der Waals surface area (Å²) >= 11 is 6.50. The molecule has 2 rings (SSSR count). The molecular weight excluding hydrogens is 310 g/mol. The molecule has 1 N–H and O–H groups in total. The molecule has 1 aromatic heterocycles. The van der Waals surface area contributed by atoms with Gasteiger partial charge in [-0.05, 0) is 25.0 Å². The lowest BCUT2D eigenvalue weighted by Crippen LogP contribution is -2.29. The predicted octanol–water partition coefficient (Wildman–Crippen LogP) is 3.13. The van der Waals surface area contributed by atoms with Gasteiger partial charge in [0.1, 0.15) is 4.32 Å². The summed E-state index contributed by atoms with van der Waals surface area (Å²) in [5.41, 5.74) is 0.831. The summed E-state index contributed by atoms with van der Waals surface area (Å²) in [5, 5.41) is 8.56. The van der Waals surface area contributed by atoms with Crippen LogP contribution in [0.25, 0.3) is 6.08 Å². The Labute approximate surface area is 132 Å². The van der Waals surface area contributed by atoms with Crippen molar-refractivity contribution in [2.45, 2.75) is 25.7 Å². The zero-order valence-corrected chi connectivity index (χ0v) is 12.9. The third kappa shape index (κ3) is 4.44. The number of thioether (sulfide) groups is 1. The van der Waals surface area contributed by atoms with Gasteiger partial charge in [-0.15, -0.1) is 0 Å². The minimum absolute atomic E-state index is 0.0931. The first-order valence-corrected chi connectivity index (χ1v) is 7.80. The van der Waals surface area contributed by atoms with Crippen LogP contribution in [-0.4, -0.2) is 32.7 Å². The molecule has 1 fully saturated rings. The summed E-state index contributed by atoms with van der Waals surface area (Å²) in [6, 6.07) is 1.78. The number of rotatable bonds is 7. The molecule has 5 nitrogen and oxygen atoms in total. The number of hydrogen-bond acceptors (Lipinski definition) is 5. The molecule has 0 bridgehead atoms. The summed E-state index contributed by atoms with van der Waals surface area (Å²) in [6.07, 6.45) is 7.18. The van der Waals surface area contributed by atoms with E-state index >= 15 is 0 Å². The number of unbranched alkanes of at least 4 members (excludes halogenated alkanes) is 2. The highest BCUT2D eigenvalue weighted by Gasteiger charge is 2.31. The minimum atomic E-state index is -0.788. The molecule has 0 saturated carbocycles. The Morgan fingerprint density at radius 1 is 1.43 bits per heavy atom. The van der Waals surface area contributed by atoms with Gasteiger partial charge in [0.2, 0.25) is 0 Å². The van der Waals surface area contributed by atoms with E-state index in [-0.39, 0.29) is 12.3 Å². The molecule has 1 aliphatic rings. The van der Waals surface area contributed by atoms with Gasteiger partial charge >= 0.3 is 5.97 Å². The maximum Gasteiger partial charge on any atom is 0.303 e. The molecule has 112 valence electrons. The van der Waals surface area contributed by atoms with E-state index in [1.54, 1.807) is 29.6 Å². The number of thiocarbonyl (C=S) groups is 1. The number of nitrogens with zero attached hydrogens (tertiary/aromatic N) is 1. The molecule has 7 heteroatoms. The maximum absolute atomic E-state index is 12.2. The number of hydrogen-bond donors (Lipinski definition) is 1. The van der Waals surface area contributed by atoms with Crippen LogP contribution in [-0.2, 0) is 9.59 Å². The molecule has 2 heterocycles. The van der Waals surface area contributed by atoms with E-state index in [9.17, 15) is 9.59 Å². The molecule has 1 aliphatic heterocycles. The Balaban J connectivity index is 1.86. The van der Waals surface area contributed by atoms with Gasteiger partial charge in [-0.25, -0.2) is 0 Å². The van der Waals surface area contributed by atoms with Gasteiger partial charge in [0, 0.05) is 18.5 Å². The molecule has 1 saturated heterocycles. The van der Waals surface area contributed by atoms with Gasteiger partial charge in [-0.2, -0.15) is 0 Å². The molecule has 0 aromatic carbocycles. The number of carboxylic acids is 1.